The number of imidazole rings is 1. The molecule has 1 heterocycles. The van der Waals surface area contributed by atoms with Crippen LogP contribution in [0.4, 0.5) is 0 Å². The zero-order valence-corrected chi connectivity index (χ0v) is 17.5. The Hall–Kier alpha value is -2.14. The third-order valence-corrected chi connectivity index (χ3v) is 5.23. The first kappa shape index (κ1) is 19.6. The first-order valence-electron chi connectivity index (χ1n) is 9.61. The molecule has 0 aliphatic rings. The maximum Gasteiger partial charge on any atom is 0.251 e. The van der Waals surface area contributed by atoms with E-state index in [0.717, 1.165) is 34.3 Å². The van der Waals surface area contributed by atoms with Crippen molar-refractivity contribution in [3.05, 3.63) is 64.4 Å². The smallest absolute Gasteiger partial charge is 0.251 e. The summed E-state index contributed by atoms with van der Waals surface area (Å²) in [5.41, 5.74) is 2.75. The van der Waals surface area contributed by atoms with Gasteiger partial charge in [-0.25, -0.2) is 4.98 Å². The lowest BCUT2D eigenvalue weighted by Gasteiger charge is -2.16. The summed E-state index contributed by atoms with van der Waals surface area (Å²) < 4.78 is 3.16. The lowest BCUT2D eigenvalue weighted by Crippen LogP contribution is -2.28. The second-order valence-corrected chi connectivity index (χ2v) is 7.79. The minimum absolute atomic E-state index is 0.0895. The summed E-state index contributed by atoms with van der Waals surface area (Å²) in [5.74, 6) is 0.824. The number of para-hydroxylation sites is 2. The van der Waals surface area contributed by atoms with Gasteiger partial charge in [-0.05, 0) is 43.7 Å². The van der Waals surface area contributed by atoms with E-state index >= 15 is 0 Å². The number of nitrogens with one attached hydrogen (secondary N) is 1. The van der Waals surface area contributed by atoms with Crippen LogP contribution in [0, 0.1) is 0 Å². The van der Waals surface area contributed by atoms with Gasteiger partial charge in [0.2, 0.25) is 0 Å². The molecule has 1 N–H and O–H groups in total. The number of aromatic nitrogens is 2. The van der Waals surface area contributed by atoms with Crippen LogP contribution < -0.4 is 5.32 Å². The van der Waals surface area contributed by atoms with Gasteiger partial charge in [0.1, 0.15) is 5.82 Å². The molecule has 1 aromatic heterocycles. The van der Waals surface area contributed by atoms with Crippen molar-refractivity contribution < 1.29 is 4.79 Å². The molecule has 2 aromatic carbocycles. The van der Waals surface area contributed by atoms with Crippen LogP contribution in [0.3, 0.4) is 0 Å². The van der Waals surface area contributed by atoms with Crippen LogP contribution in [0.5, 0.6) is 0 Å². The van der Waals surface area contributed by atoms with Gasteiger partial charge in [0.05, 0.1) is 17.1 Å². The minimum Gasteiger partial charge on any atom is -0.342 e. The van der Waals surface area contributed by atoms with E-state index < -0.39 is 0 Å². The van der Waals surface area contributed by atoms with Crippen molar-refractivity contribution in [2.45, 2.75) is 52.1 Å². The van der Waals surface area contributed by atoms with Gasteiger partial charge < -0.3 is 9.88 Å². The minimum atomic E-state index is -0.171. The molecule has 3 aromatic rings. The topological polar surface area (TPSA) is 46.9 Å². The standard InChI is InChI=1S/C22H26BrN3O/c1-3-4-5-8-14-26-20-13-7-6-12-19(20)25-21(26)16(2)24-22(27)17-10-9-11-18(23)15-17/h6-7,9-13,15-16H,3-5,8,14H2,1-2H3,(H,24,27). The van der Waals surface area contributed by atoms with Gasteiger partial charge in [0.25, 0.3) is 5.91 Å². The van der Waals surface area contributed by atoms with Crippen molar-refractivity contribution in [3.63, 3.8) is 0 Å². The molecule has 3 rings (SSSR count). The number of rotatable bonds is 8. The van der Waals surface area contributed by atoms with E-state index in [1.54, 1.807) is 0 Å². The summed E-state index contributed by atoms with van der Waals surface area (Å²) in [5, 5.41) is 3.10. The average molecular weight is 428 g/mol. The number of nitrogens with zero attached hydrogens (tertiary/aromatic N) is 2. The molecule has 4 nitrogen and oxygen atoms in total. The Morgan fingerprint density at radius 1 is 1.15 bits per heavy atom. The third kappa shape index (κ3) is 4.78. The number of hydrogen-bond donors (Lipinski definition) is 1. The molecule has 5 heteroatoms. The highest BCUT2D eigenvalue weighted by atomic mass is 79.9. The number of carbonyl (C=O) groups excluding carboxylic acids is 1. The van der Waals surface area contributed by atoms with Crippen molar-refractivity contribution in [1.29, 1.82) is 0 Å². The summed E-state index contributed by atoms with van der Waals surface area (Å²) in [6.45, 7) is 5.14. The van der Waals surface area contributed by atoms with E-state index in [4.69, 9.17) is 4.98 Å². The highest BCUT2D eigenvalue weighted by Gasteiger charge is 2.19. The van der Waals surface area contributed by atoms with Gasteiger partial charge in [0.15, 0.2) is 0 Å². The lowest BCUT2D eigenvalue weighted by molar-refractivity contribution is 0.0937. The van der Waals surface area contributed by atoms with E-state index in [1.807, 2.05) is 49.4 Å². The van der Waals surface area contributed by atoms with Crippen LogP contribution in [0.15, 0.2) is 53.0 Å². The van der Waals surface area contributed by atoms with Crippen molar-refractivity contribution >= 4 is 32.9 Å². The zero-order valence-electron chi connectivity index (χ0n) is 15.9. The Kier molecular flexibility index (Phi) is 6.67. The molecule has 0 radical (unpaired) electrons. The normalized spacial score (nSPS) is 12.3. The molecule has 1 unspecified atom stereocenters. The second-order valence-electron chi connectivity index (χ2n) is 6.88. The molecule has 0 fully saturated rings. The number of carbonyl (C=O) groups is 1. The zero-order chi connectivity index (χ0) is 19.2. The van der Waals surface area contributed by atoms with E-state index in [1.165, 1.54) is 19.3 Å². The molecular formula is C22H26BrN3O. The summed E-state index contributed by atoms with van der Waals surface area (Å²) in [4.78, 5) is 17.5. The molecular weight excluding hydrogens is 402 g/mol. The van der Waals surface area contributed by atoms with Crippen LogP contribution in [0.1, 0.15) is 61.8 Å². The van der Waals surface area contributed by atoms with Gasteiger partial charge >= 0.3 is 0 Å². The summed E-state index contributed by atoms with van der Waals surface area (Å²) >= 11 is 3.42. The quantitative estimate of drug-likeness (QED) is 0.456. The van der Waals surface area contributed by atoms with Crippen molar-refractivity contribution in [1.82, 2.24) is 14.9 Å². The fraction of sp³-hybridized carbons (Fsp3) is 0.364. The van der Waals surface area contributed by atoms with Gasteiger partial charge in [-0.3, -0.25) is 4.79 Å². The van der Waals surface area contributed by atoms with Crippen LogP contribution in [-0.4, -0.2) is 15.5 Å². The van der Waals surface area contributed by atoms with Gasteiger partial charge in [0, 0.05) is 16.6 Å². The molecule has 27 heavy (non-hydrogen) atoms. The molecule has 0 bridgehead atoms. The Morgan fingerprint density at radius 2 is 1.96 bits per heavy atom. The Bertz CT molecular complexity index is 919. The van der Waals surface area contributed by atoms with Crippen LogP contribution in [0.2, 0.25) is 0 Å². The number of aryl methyl sites for hydroxylation is 1. The predicted octanol–water partition coefficient (Wildman–Crippen LogP) is 5.87. The van der Waals surface area contributed by atoms with Gasteiger partial charge in [-0.2, -0.15) is 0 Å². The number of benzene rings is 2. The third-order valence-electron chi connectivity index (χ3n) is 4.74. The van der Waals surface area contributed by atoms with E-state index in [-0.39, 0.29) is 11.9 Å². The first-order chi connectivity index (χ1) is 13.1. The fourth-order valence-corrected chi connectivity index (χ4v) is 3.73. The highest BCUT2D eigenvalue weighted by Crippen LogP contribution is 2.22. The van der Waals surface area contributed by atoms with Gasteiger partial charge in [-0.1, -0.05) is 60.3 Å². The van der Waals surface area contributed by atoms with Crippen LogP contribution >= 0.6 is 15.9 Å². The summed E-state index contributed by atoms with van der Waals surface area (Å²) in [7, 11) is 0. The Balaban J connectivity index is 1.82. The number of amides is 1. The number of fused-ring (bicyclic) bond motifs is 1. The number of halogens is 1. The fourth-order valence-electron chi connectivity index (χ4n) is 3.33. The number of unbranched alkanes of at least 4 members (excludes halogenated alkanes) is 3. The van der Waals surface area contributed by atoms with Gasteiger partial charge in [-0.15, -0.1) is 0 Å². The first-order valence-corrected chi connectivity index (χ1v) is 10.4. The summed E-state index contributed by atoms with van der Waals surface area (Å²) in [6.07, 6.45) is 4.79. The average Bonchev–Trinajstić information content (AvgIpc) is 3.04. The summed E-state index contributed by atoms with van der Waals surface area (Å²) in [6, 6.07) is 15.4. The van der Waals surface area contributed by atoms with Crippen molar-refractivity contribution in [2.24, 2.45) is 0 Å². The lowest BCUT2D eigenvalue weighted by atomic mass is 10.2. The molecule has 1 amide bonds. The molecule has 1 atom stereocenters. The molecule has 0 aliphatic carbocycles. The van der Waals surface area contributed by atoms with Crippen LogP contribution in [0.25, 0.3) is 11.0 Å². The molecule has 0 aliphatic heterocycles. The highest BCUT2D eigenvalue weighted by molar-refractivity contribution is 9.10. The largest absolute Gasteiger partial charge is 0.342 e. The monoisotopic (exact) mass is 427 g/mol. The Labute approximate surface area is 169 Å². The molecule has 0 saturated carbocycles. The molecule has 0 spiro atoms. The SMILES string of the molecule is CCCCCCn1c(C(C)NC(=O)c2cccc(Br)c2)nc2ccccc21. The maximum atomic E-state index is 12.6. The van der Waals surface area contributed by atoms with E-state index in [0.29, 0.717) is 5.56 Å². The predicted molar refractivity (Wildman–Crippen MR) is 114 cm³/mol. The maximum absolute atomic E-state index is 12.6. The molecule has 142 valence electrons. The second kappa shape index (κ2) is 9.18. The number of hydrogen-bond acceptors (Lipinski definition) is 2. The van der Waals surface area contributed by atoms with E-state index in [2.05, 4.69) is 38.8 Å². The Morgan fingerprint density at radius 3 is 2.74 bits per heavy atom. The van der Waals surface area contributed by atoms with E-state index in [9.17, 15) is 4.79 Å². The van der Waals surface area contributed by atoms with Crippen molar-refractivity contribution in [3.8, 4) is 0 Å². The van der Waals surface area contributed by atoms with Crippen LogP contribution in [-0.2, 0) is 6.54 Å². The van der Waals surface area contributed by atoms with Crippen molar-refractivity contribution in [2.75, 3.05) is 0 Å². The molecule has 0 saturated heterocycles.